The number of rotatable bonds is 5. The normalized spacial score (nSPS) is 15.1. The second-order valence-electron chi connectivity index (χ2n) is 7.09. The first-order valence-corrected chi connectivity index (χ1v) is 9.58. The second-order valence-corrected chi connectivity index (χ2v) is 7.09. The zero-order valence-electron chi connectivity index (χ0n) is 15.9. The minimum atomic E-state index is -0.330. The predicted octanol–water partition coefficient (Wildman–Crippen LogP) is 4.07. The van der Waals surface area contributed by atoms with E-state index in [4.69, 9.17) is 0 Å². The van der Waals surface area contributed by atoms with Gasteiger partial charge in [0.05, 0.1) is 5.71 Å². The van der Waals surface area contributed by atoms with Gasteiger partial charge in [-0.3, -0.25) is 9.59 Å². The maximum Gasteiger partial charge on any atom is 0.271 e. The molecule has 0 saturated heterocycles. The number of benzene rings is 2. The Labute approximate surface area is 164 Å². The Morgan fingerprint density at radius 1 is 0.929 bits per heavy atom. The van der Waals surface area contributed by atoms with Gasteiger partial charge in [-0.1, -0.05) is 19.3 Å². The van der Waals surface area contributed by atoms with Crippen molar-refractivity contribution in [1.29, 1.82) is 0 Å². The SMILES string of the molecule is CC(=NNC(=O)c1ccc(NC(=O)C2CCCCC2)cc1)c1ccc(O)cc1. The monoisotopic (exact) mass is 379 g/mol. The lowest BCUT2D eigenvalue weighted by Gasteiger charge is -2.20. The van der Waals surface area contributed by atoms with E-state index >= 15 is 0 Å². The Morgan fingerprint density at radius 2 is 1.54 bits per heavy atom. The van der Waals surface area contributed by atoms with Crippen molar-refractivity contribution in [3.8, 4) is 5.75 Å². The summed E-state index contributed by atoms with van der Waals surface area (Å²) >= 11 is 0. The fraction of sp³-hybridized carbons (Fsp3) is 0.318. The number of carbonyl (C=O) groups excluding carboxylic acids is 2. The van der Waals surface area contributed by atoms with Gasteiger partial charge in [-0.25, -0.2) is 5.43 Å². The van der Waals surface area contributed by atoms with Crippen molar-refractivity contribution in [2.24, 2.45) is 11.0 Å². The highest BCUT2D eigenvalue weighted by Gasteiger charge is 2.21. The molecule has 0 spiro atoms. The lowest BCUT2D eigenvalue weighted by Crippen LogP contribution is -2.24. The molecule has 2 amide bonds. The summed E-state index contributed by atoms with van der Waals surface area (Å²) in [7, 11) is 0. The van der Waals surface area contributed by atoms with Gasteiger partial charge >= 0.3 is 0 Å². The van der Waals surface area contributed by atoms with Crippen LogP contribution in [0, 0.1) is 5.92 Å². The number of phenolic OH excluding ortho intramolecular Hbond substituents is 1. The van der Waals surface area contributed by atoms with Crippen molar-refractivity contribution in [1.82, 2.24) is 5.43 Å². The Balaban J connectivity index is 1.56. The zero-order chi connectivity index (χ0) is 19.9. The molecule has 0 unspecified atom stereocenters. The third kappa shape index (κ3) is 5.19. The average molecular weight is 379 g/mol. The maximum atomic E-state index is 12.3. The fourth-order valence-corrected chi connectivity index (χ4v) is 3.28. The van der Waals surface area contributed by atoms with Gasteiger partial charge in [-0.2, -0.15) is 5.10 Å². The maximum absolute atomic E-state index is 12.3. The van der Waals surface area contributed by atoms with Crippen LogP contribution in [0.25, 0.3) is 0 Å². The first-order chi connectivity index (χ1) is 13.5. The molecule has 0 radical (unpaired) electrons. The molecule has 2 aromatic rings. The number of nitrogens with zero attached hydrogens (tertiary/aromatic N) is 1. The van der Waals surface area contributed by atoms with Crippen LogP contribution in [0.3, 0.4) is 0 Å². The molecule has 1 aliphatic carbocycles. The summed E-state index contributed by atoms with van der Waals surface area (Å²) in [4.78, 5) is 24.6. The molecule has 0 aliphatic heterocycles. The quantitative estimate of drug-likeness (QED) is 0.540. The number of amides is 2. The van der Waals surface area contributed by atoms with Gasteiger partial charge in [0.1, 0.15) is 5.75 Å². The van der Waals surface area contributed by atoms with Crippen molar-refractivity contribution < 1.29 is 14.7 Å². The Hall–Kier alpha value is -3.15. The fourth-order valence-electron chi connectivity index (χ4n) is 3.28. The molecule has 3 N–H and O–H groups in total. The third-order valence-electron chi connectivity index (χ3n) is 5.00. The minimum absolute atomic E-state index is 0.0611. The number of anilines is 1. The Bertz CT molecular complexity index is 852. The zero-order valence-corrected chi connectivity index (χ0v) is 15.9. The third-order valence-corrected chi connectivity index (χ3v) is 5.00. The standard InChI is InChI=1S/C22H25N3O3/c1-15(16-9-13-20(26)14-10-16)24-25-22(28)18-7-11-19(12-8-18)23-21(27)17-5-3-2-4-6-17/h7-14,17,26H,2-6H2,1H3,(H,23,27)(H,25,28). The molecule has 0 aromatic heterocycles. The first-order valence-electron chi connectivity index (χ1n) is 9.58. The lowest BCUT2D eigenvalue weighted by molar-refractivity contribution is -0.120. The van der Waals surface area contributed by atoms with Gasteiger partial charge < -0.3 is 10.4 Å². The number of phenols is 1. The number of nitrogens with one attached hydrogen (secondary N) is 2. The molecule has 28 heavy (non-hydrogen) atoms. The van der Waals surface area contributed by atoms with E-state index in [-0.39, 0.29) is 23.5 Å². The molecule has 2 aromatic carbocycles. The first kappa shape index (κ1) is 19.6. The van der Waals surface area contributed by atoms with Gasteiger partial charge in [0.25, 0.3) is 5.91 Å². The Kier molecular flexibility index (Phi) is 6.42. The number of hydrogen-bond donors (Lipinski definition) is 3. The van der Waals surface area contributed by atoms with Crippen LogP contribution < -0.4 is 10.7 Å². The van der Waals surface area contributed by atoms with Gasteiger partial charge in [0, 0.05) is 17.2 Å². The molecule has 1 saturated carbocycles. The summed E-state index contributed by atoms with van der Waals surface area (Å²) in [5.41, 5.74) is 5.10. The molecule has 6 heteroatoms. The van der Waals surface area contributed by atoms with E-state index in [0.29, 0.717) is 17.0 Å². The van der Waals surface area contributed by atoms with Crippen LogP contribution >= 0.6 is 0 Å². The van der Waals surface area contributed by atoms with Crippen molar-refractivity contribution >= 4 is 23.2 Å². The summed E-state index contributed by atoms with van der Waals surface area (Å²) in [5.74, 6) is -0.000464. The van der Waals surface area contributed by atoms with E-state index in [1.54, 1.807) is 55.5 Å². The van der Waals surface area contributed by atoms with E-state index in [0.717, 1.165) is 31.2 Å². The molecule has 146 valence electrons. The number of aromatic hydroxyl groups is 1. The molecule has 1 aliphatic rings. The summed E-state index contributed by atoms with van der Waals surface area (Å²) in [6.07, 6.45) is 5.33. The Morgan fingerprint density at radius 3 is 2.18 bits per heavy atom. The van der Waals surface area contributed by atoms with Gasteiger partial charge in [0.2, 0.25) is 5.91 Å². The molecule has 0 bridgehead atoms. The predicted molar refractivity (Wildman–Crippen MR) is 109 cm³/mol. The average Bonchev–Trinajstić information content (AvgIpc) is 2.73. The topological polar surface area (TPSA) is 90.8 Å². The van der Waals surface area contributed by atoms with Crippen LogP contribution in [-0.4, -0.2) is 22.6 Å². The van der Waals surface area contributed by atoms with Crippen molar-refractivity contribution in [2.75, 3.05) is 5.32 Å². The van der Waals surface area contributed by atoms with E-state index in [2.05, 4.69) is 15.8 Å². The van der Waals surface area contributed by atoms with E-state index in [1.165, 1.54) is 6.42 Å². The molecular weight excluding hydrogens is 354 g/mol. The summed E-state index contributed by atoms with van der Waals surface area (Å²) in [6, 6.07) is 13.4. The van der Waals surface area contributed by atoms with Crippen LogP contribution in [0.1, 0.15) is 54.9 Å². The molecule has 6 nitrogen and oxygen atoms in total. The van der Waals surface area contributed by atoms with Crippen molar-refractivity contribution in [3.63, 3.8) is 0 Å². The van der Waals surface area contributed by atoms with Crippen LogP contribution in [0.4, 0.5) is 5.69 Å². The molecule has 1 fully saturated rings. The molecule has 0 atom stereocenters. The van der Waals surface area contributed by atoms with Gasteiger partial charge in [-0.05, 0) is 73.9 Å². The number of carbonyl (C=O) groups is 2. The van der Waals surface area contributed by atoms with Crippen molar-refractivity contribution in [2.45, 2.75) is 39.0 Å². The van der Waals surface area contributed by atoms with E-state index in [1.807, 2.05) is 0 Å². The molecule has 3 rings (SSSR count). The second kappa shape index (κ2) is 9.17. The molecule has 0 heterocycles. The highest BCUT2D eigenvalue weighted by molar-refractivity contribution is 6.01. The van der Waals surface area contributed by atoms with Gasteiger partial charge in [0.15, 0.2) is 0 Å². The number of hydrogen-bond acceptors (Lipinski definition) is 4. The summed E-state index contributed by atoms with van der Waals surface area (Å²) in [5, 5.41) is 16.4. The summed E-state index contributed by atoms with van der Waals surface area (Å²) < 4.78 is 0. The van der Waals surface area contributed by atoms with Crippen LogP contribution in [0.5, 0.6) is 5.75 Å². The smallest absolute Gasteiger partial charge is 0.271 e. The van der Waals surface area contributed by atoms with Crippen molar-refractivity contribution in [3.05, 3.63) is 59.7 Å². The molecular formula is C22H25N3O3. The van der Waals surface area contributed by atoms with Gasteiger partial charge in [-0.15, -0.1) is 0 Å². The highest BCUT2D eigenvalue weighted by atomic mass is 16.3. The highest BCUT2D eigenvalue weighted by Crippen LogP contribution is 2.25. The largest absolute Gasteiger partial charge is 0.508 e. The minimum Gasteiger partial charge on any atom is -0.508 e. The lowest BCUT2D eigenvalue weighted by atomic mass is 9.88. The van der Waals surface area contributed by atoms with Crippen LogP contribution in [0.15, 0.2) is 53.6 Å². The van der Waals surface area contributed by atoms with E-state index < -0.39 is 0 Å². The number of hydrazone groups is 1. The van der Waals surface area contributed by atoms with E-state index in [9.17, 15) is 14.7 Å². The van der Waals surface area contributed by atoms with Crippen LogP contribution in [-0.2, 0) is 4.79 Å². The summed E-state index contributed by atoms with van der Waals surface area (Å²) in [6.45, 7) is 1.77. The van der Waals surface area contributed by atoms with Crippen LogP contribution in [0.2, 0.25) is 0 Å².